The van der Waals surface area contributed by atoms with Gasteiger partial charge in [-0.3, -0.25) is 4.79 Å². The molecular weight excluding hydrogens is 282 g/mol. The van der Waals surface area contributed by atoms with Crippen LogP contribution in [0.15, 0.2) is 53.1 Å². The van der Waals surface area contributed by atoms with Crippen molar-refractivity contribution >= 4 is 22.7 Å². The molecule has 0 atom stereocenters. The van der Waals surface area contributed by atoms with Crippen molar-refractivity contribution in [3.63, 3.8) is 0 Å². The Labute approximate surface area is 126 Å². The summed E-state index contributed by atoms with van der Waals surface area (Å²) < 4.78 is 10.1. The molecule has 0 unspecified atom stereocenters. The number of hydrogen-bond donors (Lipinski definition) is 0. The fraction of sp³-hybridized carbons (Fsp3) is 0.118. The smallest absolute Gasteiger partial charge is 0.357 e. The number of nitrogens with zero attached hydrogens (tertiary/aromatic N) is 1. The Bertz CT molecular complexity index is 837. The highest BCUT2D eigenvalue weighted by atomic mass is 16.5. The van der Waals surface area contributed by atoms with Crippen molar-refractivity contribution in [2.24, 2.45) is 0 Å². The summed E-state index contributed by atoms with van der Waals surface area (Å²) in [6, 6.07) is 12.1. The summed E-state index contributed by atoms with van der Waals surface area (Å²) in [6.45, 7) is 1.91. The third kappa shape index (κ3) is 2.48. The van der Waals surface area contributed by atoms with Crippen molar-refractivity contribution in [1.29, 1.82) is 0 Å². The summed E-state index contributed by atoms with van der Waals surface area (Å²) >= 11 is 0. The minimum absolute atomic E-state index is 0.00181. The highest BCUT2D eigenvalue weighted by Gasteiger charge is 2.23. The zero-order valence-corrected chi connectivity index (χ0v) is 11.9. The molecule has 0 bridgehead atoms. The summed E-state index contributed by atoms with van der Waals surface area (Å²) in [7, 11) is 0. The molecule has 22 heavy (non-hydrogen) atoms. The van der Waals surface area contributed by atoms with Gasteiger partial charge in [0.05, 0.1) is 24.0 Å². The average molecular weight is 295 g/mol. The van der Waals surface area contributed by atoms with E-state index in [0.29, 0.717) is 5.52 Å². The van der Waals surface area contributed by atoms with Gasteiger partial charge in [-0.2, -0.15) is 0 Å². The van der Waals surface area contributed by atoms with Crippen LogP contribution in [0.4, 0.5) is 0 Å². The first-order valence-corrected chi connectivity index (χ1v) is 6.86. The zero-order valence-electron chi connectivity index (χ0n) is 11.9. The van der Waals surface area contributed by atoms with Crippen molar-refractivity contribution in [2.45, 2.75) is 6.92 Å². The molecule has 5 heteroatoms. The minimum Gasteiger partial charge on any atom is -0.461 e. The minimum atomic E-state index is -0.622. The maximum absolute atomic E-state index is 12.5. The fourth-order valence-electron chi connectivity index (χ4n) is 2.18. The summed E-state index contributed by atoms with van der Waals surface area (Å²) in [5, 5.41) is 0.769. The van der Waals surface area contributed by atoms with Crippen LogP contribution in [-0.2, 0) is 4.74 Å². The molecule has 2 heterocycles. The van der Waals surface area contributed by atoms with Gasteiger partial charge in [-0.25, -0.2) is 9.78 Å². The Morgan fingerprint density at radius 2 is 2.00 bits per heavy atom. The number of benzene rings is 1. The molecule has 0 amide bonds. The normalized spacial score (nSPS) is 10.6. The van der Waals surface area contributed by atoms with Gasteiger partial charge in [-0.15, -0.1) is 0 Å². The van der Waals surface area contributed by atoms with Gasteiger partial charge >= 0.3 is 5.97 Å². The first kappa shape index (κ1) is 14.0. The molecule has 0 aliphatic rings. The second-order valence-corrected chi connectivity index (χ2v) is 4.60. The van der Waals surface area contributed by atoms with Crippen molar-refractivity contribution in [3.05, 3.63) is 65.7 Å². The molecule has 3 rings (SSSR count). The average Bonchev–Trinajstić information content (AvgIpc) is 3.07. The second kappa shape index (κ2) is 5.81. The number of ketones is 1. The monoisotopic (exact) mass is 295 g/mol. The first-order chi connectivity index (χ1) is 10.7. The third-order valence-electron chi connectivity index (χ3n) is 3.18. The Morgan fingerprint density at radius 1 is 1.18 bits per heavy atom. The number of carbonyl (C=O) groups is 2. The summed E-state index contributed by atoms with van der Waals surface area (Å²) in [5.74, 6) is -0.864. The zero-order chi connectivity index (χ0) is 15.5. The van der Waals surface area contributed by atoms with Gasteiger partial charge in [0.1, 0.15) is 0 Å². The van der Waals surface area contributed by atoms with Gasteiger partial charge in [-0.05, 0) is 31.2 Å². The molecule has 0 aliphatic heterocycles. The predicted octanol–water partition coefficient (Wildman–Crippen LogP) is 3.24. The van der Waals surface area contributed by atoms with Gasteiger partial charge in [0.15, 0.2) is 11.5 Å². The highest BCUT2D eigenvalue weighted by molar-refractivity contribution is 6.14. The molecule has 0 saturated carbocycles. The van der Waals surface area contributed by atoms with Gasteiger partial charge in [0.2, 0.25) is 5.78 Å². The Morgan fingerprint density at radius 3 is 2.73 bits per heavy atom. The third-order valence-corrected chi connectivity index (χ3v) is 3.18. The van der Waals surface area contributed by atoms with Crippen molar-refractivity contribution in [1.82, 2.24) is 4.98 Å². The number of rotatable bonds is 4. The van der Waals surface area contributed by atoms with Crippen LogP contribution in [0, 0.1) is 0 Å². The van der Waals surface area contributed by atoms with Gasteiger partial charge in [0.25, 0.3) is 0 Å². The van der Waals surface area contributed by atoms with Gasteiger partial charge in [0, 0.05) is 5.39 Å². The molecule has 110 valence electrons. The van der Waals surface area contributed by atoms with Crippen molar-refractivity contribution in [2.75, 3.05) is 6.61 Å². The number of fused-ring (bicyclic) bond motifs is 1. The first-order valence-electron chi connectivity index (χ1n) is 6.86. The van der Waals surface area contributed by atoms with Gasteiger partial charge < -0.3 is 9.15 Å². The standard InChI is InChI=1S/C17H13NO4/c1-2-21-17(20)15-12(16(19)14-8-5-9-22-14)10-11-6-3-4-7-13(11)18-15/h3-10H,2H2,1H3. The van der Waals surface area contributed by atoms with E-state index in [1.165, 1.54) is 6.26 Å². The molecule has 0 radical (unpaired) electrons. The summed E-state index contributed by atoms with van der Waals surface area (Å²) in [6.07, 6.45) is 1.41. The van der Waals surface area contributed by atoms with E-state index < -0.39 is 11.8 Å². The van der Waals surface area contributed by atoms with E-state index >= 15 is 0 Å². The molecule has 5 nitrogen and oxygen atoms in total. The molecule has 0 saturated heterocycles. The van der Waals surface area contributed by atoms with Gasteiger partial charge in [-0.1, -0.05) is 18.2 Å². The molecule has 0 aliphatic carbocycles. The van der Waals surface area contributed by atoms with Crippen LogP contribution >= 0.6 is 0 Å². The molecule has 0 spiro atoms. The van der Waals surface area contributed by atoms with E-state index in [1.807, 2.05) is 18.2 Å². The van der Waals surface area contributed by atoms with Crippen LogP contribution in [0.2, 0.25) is 0 Å². The van der Waals surface area contributed by atoms with Crippen LogP contribution < -0.4 is 0 Å². The van der Waals surface area contributed by atoms with E-state index in [1.54, 1.807) is 31.2 Å². The molecule has 2 aromatic heterocycles. The number of carbonyl (C=O) groups excluding carboxylic acids is 2. The van der Waals surface area contributed by atoms with E-state index in [-0.39, 0.29) is 23.6 Å². The largest absolute Gasteiger partial charge is 0.461 e. The lowest BCUT2D eigenvalue weighted by molar-refractivity contribution is 0.0517. The SMILES string of the molecule is CCOC(=O)c1nc2ccccc2cc1C(=O)c1ccco1. The Hall–Kier alpha value is -2.95. The summed E-state index contributed by atoms with van der Waals surface area (Å²) in [5.41, 5.74) is 0.801. The molecule has 3 aromatic rings. The number of esters is 1. The van der Waals surface area contributed by atoms with Crippen LogP contribution in [0.5, 0.6) is 0 Å². The van der Waals surface area contributed by atoms with E-state index in [9.17, 15) is 9.59 Å². The van der Waals surface area contributed by atoms with Crippen LogP contribution in [0.1, 0.15) is 33.5 Å². The maximum atomic E-state index is 12.5. The van der Waals surface area contributed by atoms with Crippen molar-refractivity contribution in [3.8, 4) is 0 Å². The number of hydrogen-bond acceptors (Lipinski definition) is 5. The number of ether oxygens (including phenoxy) is 1. The van der Waals surface area contributed by atoms with E-state index in [0.717, 1.165) is 5.39 Å². The lowest BCUT2D eigenvalue weighted by atomic mass is 10.0. The second-order valence-electron chi connectivity index (χ2n) is 4.60. The van der Waals surface area contributed by atoms with Crippen LogP contribution in [0.3, 0.4) is 0 Å². The molecule has 0 fully saturated rings. The lowest BCUT2D eigenvalue weighted by Crippen LogP contribution is -2.14. The maximum Gasteiger partial charge on any atom is 0.357 e. The highest BCUT2D eigenvalue weighted by Crippen LogP contribution is 2.20. The quantitative estimate of drug-likeness (QED) is 0.546. The predicted molar refractivity (Wildman–Crippen MR) is 79.8 cm³/mol. The summed E-state index contributed by atoms with van der Waals surface area (Å²) in [4.78, 5) is 28.9. The number of aromatic nitrogens is 1. The van der Waals surface area contributed by atoms with E-state index in [4.69, 9.17) is 9.15 Å². The van der Waals surface area contributed by atoms with Crippen LogP contribution in [0.25, 0.3) is 10.9 Å². The molecule has 1 aromatic carbocycles. The van der Waals surface area contributed by atoms with Crippen molar-refractivity contribution < 1.29 is 18.7 Å². The topological polar surface area (TPSA) is 69.4 Å². The molecule has 0 N–H and O–H groups in total. The number of furan rings is 1. The molecular formula is C17H13NO4. The lowest BCUT2D eigenvalue weighted by Gasteiger charge is -2.08. The Balaban J connectivity index is 2.19. The number of para-hydroxylation sites is 1. The number of pyridine rings is 1. The fourth-order valence-corrected chi connectivity index (χ4v) is 2.18. The van der Waals surface area contributed by atoms with Crippen LogP contribution in [-0.4, -0.2) is 23.3 Å². The Kier molecular flexibility index (Phi) is 3.70. The van der Waals surface area contributed by atoms with E-state index in [2.05, 4.69) is 4.98 Å².